The van der Waals surface area contributed by atoms with Crippen molar-refractivity contribution in [3.63, 3.8) is 0 Å². The van der Waals surface area contributed by atoms with Gasteiger partial charge in [0.05, 0.1) is 0 Å². The summed E-state index contributed by atoms with van der Waals surface area (Å²) in [6.45, 7) is 0. The van der Waals surface area contributed by atoms with Gasteiger partial charge in [0, 0.05) is 11.5 Å². The smallest absolute Gasteiger partial charge is 0.118 e. The van der Waals surface area contributed by atoms with Crippen molar-refractivity contribution in [2.45, 2.75) is 38.5 Å². The fourth-order valence-electron chi connectivity index (χ4n) is 2.50. The molecule has 0 fully saturated rings. The quantitative estimate of drug-likeness (QED) is 0.319. The molecule has 25 heavy (non-hydrogen) atoms. The van der Waals surface area contributed by atoms with Gasteiger partial charge in [0.1, 0.15) is 11.5 Å². The van der Waals surface area contributed by atoms with Crippen molar-refractivity contribution in [3.05, 3.63) is 59.7 Å². The summed E-state index contributed by atoms with van der Waals surface area (Å²) in [5.74, 6) is 3.15. The average molecular weight is 395 g/mol. The number of unbranched alkanes of at least 4 members (excludes halogenated alkanes) is 2. The number of aryl methyl sites for hydroxylation is 2. The van der Waals surface area contributed by atoms with Crippen molar-refractivity contribution in [2.75, 3.05) is 11.5 Å². The third kappa shape index (κ3) is 8.34. The van der Waals surface area contributed by atoms with Gasteiger partial charge in [0.2, 0.25) is 0 Å². The number of hydrogen-bond acceptors (Lipinski definition) is 5. The molecule has 2 N–H and O–H groups in total. The minimum atomic E-state index is 0.420. The molecule has 2 aromatic rings. The highest BCUT2D eigenvalue weighted by Crippen LogP contribution is 2.36. The van der Waals surface area contributed by atoms with Gasteiger partial charge in [-0.2, -0.15) is 0 Å². The molecule has 2 aromatic carbocycles. The van der Waals surface area contributed by atoms with Gasteiger partial charge in [0.15, 0.2) is 0 Å². The van der Waals surface area contributed by atoms with Crippen molar-refractivity contribution >= 4 is 31.4 Å². The lowest BCUT2D eigenvalue weighted by Gasteiger charge is -2.05. The SMILES string of the molecule is Oc1ccccc1CCCCSSSCCCCc1ccccc1O. The molecular formula is C20H26O2S3. The van der Waals surface area contributed by atoms with Crippen LogP contribution in [0.15, 0.2) is 48.5 Å². The molecule has 5 heteroatoms. The van der Waals surface area contributed by atoms with Crippen LogP contribution >= 0.6 is 31.4 Å². The van der Waals surface area contributed by atoms with Crippen LogP contribution in [0.1, 0.15) is 36.8 Å². The minimum absolute atomic E-state index is 0.420. The summed E-state index contributed by atoms with van der Waals surface area (Å²) in [5.41, 5.74) is 2.11. The number of phenols is 2. The summed E-state index contributed by atoms with van der Waals surface area (Å²) in [6.07, 6.45) is 6.52. The number of aromatic hydroxyl groups is 2. The average Bonchev–Trinajstić information content (AvgIpc) is 2.62. The predicted octanol–water partition coefficient (Wildman–Crippen LogP) is 6.47. The molecule has 0 radical (unpaired) electrons. The Morgan fingerprint density at radius 3 is 1.48 bits per heavy atom. The summed E-state index contributed by atoms with van der Waals surface area (Å²) < 4.78 is 0. The van der Waals surface area contributed by atoms with Gasteiger partial charge in [-0.3, -0.25) is 0 Å². The molecule has 0 heterocycles. The largest absolute Gasteiger partial charge is 0.508 e. The summed E-state index contributed by atoms with van der Waals surface area (Å²) in [7, 11) is 5.74. The second kappa shape index (κ2) is 12.4. The van der Waals surface area contributed by atoms with Crippen LogP contribution in [0, 0.1) is 0 Å². The summed E-state index contributed by atoms with van der Waals surface area (Å²) >= 11 is 0. The Labute approximate surface area is 162 Å². The molecule has 0 spiro atoms. The fraction of sp³-hybridized carbons (Fsp3) is 0.400. The van der Waals surface area contributed by atoms with Crippen molar-refractivity contribution in [1.29, 1.82) is 0 Å². The van der Waals surface area contributed by atoms with Gasteiger partial charge in [-0.1, -0.05) is 58.0 Å². The molecule has 136 valence electrons. The van der Waals surface area contributed by atoms with E-state index in [1.807, 2.05) is 67.8 Å². The second-order valence-corrected chi connectivity index (χ2v) is 10.4. The predicted molar refractivity (Wildman–Crippen MR) is 115 cm³/mol. The van der Waals surface area contributed by atoms with E-state index in [1.165, 1.54) is 12.8 Å². The lowest BCUT2D eigenvalue weighted by Crippen LogP contribution is -1.88. The Balaban J connectivity index is 1.40. The van der Waals surface area contributed by atoms with E-state index in [-0.39, 0.29) is 0 Å². The molecule has 2 nitrogen and oxygen atoms in total. The third-order valence-corrected chi connectivity index (χ3v) is 8.34. The molecule has 0 bridgehead atoms. The van der Waals surface area contributed by atoms with Crippen molar-refractivity contribution < 1.29 is 10.2 Å². The summed E-state index contributed by atoms with van der Waals surface area (Å²) in [5, 5.41) is 19.4. The highest BCUT2D eigenvalue weighted by molar-refractivity contribution is 9.09. The van der Waals surface area contributed by atoms with Crippen LogP contribution in [0.4, 0.5) is 0 Å². The highest BCUT2D eigenvalue weighted by Gasteiger charge is 2.01. The van der Waals surface area contributed by atoms with Crippen LogP contribution in [0.5, 0.6) is 11.5 Å². The van der Waals surface area contributed by atoms with Crippen molar-refractivity contribution in [2.24, 2.45) is 0 Å². The molecule has 0 aliphatic carbocycles. The van der Waals surface area contributed by atoms with Crippen LogP contribution in [0.25, 0.3) is 0 Å². The lowest BCUT2D eigenvalue weighted by atomic mass is 10.1. The number of para-hydroxylation sites is 2. The molecule has 0 unspecified atom stereocenters. The highest BCUT2D eigenvalue weighted by atomic mass is 33.5. The molecule has 0 aromatic heterocycles. The van der Waals surface area contributed by atoms with E-state index in [0.717, 1.165) is 48.3 Å². The van der Waals surface area contributed by atoms with E-state index < -0.39 is 0 Å². The fourth-order valence-corrected chi connectivity index (χ4v) is 6.50. The van der Waals surface area contributed by atoms with E-state index in [2.05, 4.69) is 0 Å². The van der Waals surface area contributed by atoms with E-state index in [0.29, 0.717) is 11.5 Å². The molecule has 2 rings (SSSR count). The van der Waals surface area contributed by atoms with Crippen LogP contribution < -0.4 is 0 Å². The van der Waals surface area contributed by atoms with Gasteiger partial charge in [0.25, 0.3) is 0 Å². The Morgan fingerprint density at radius 1 is 0.600 bits per heavy atom. The number of rotatable bonds is 12. The molecule has 0 amide bonds. The monoisotopic (exact) mass is 394 g/mol. The Kier molecular flexibility index (Phi) is 10.2. The first-order valence-electron chi connectivity index (χ1n) is 8.72. The number of phenolic OH excluding ortho intramolecular Hbond substituents is 2. The maximum absolute atomic E-state index is 9.72. The molecule has 0 atom stereocenters. The van der Waals surface area contributed by atoms with Gasteiger partial charge in [-0.15, -0.1) is 0 Å². The van der Waals surface area contributed by atoms with Gasteiger partial charge < -0.3 is 10.2 Å². The Hall–Kier alpha value is -0.910. The standard InChI is InChI=1S/C20H26O2S3/c21-19-13-3-1-9-17(19)11-5-7-15-23-25-24-16-8-6-12-18-10-2-4-14-20(18)22/h1-4,9-10,13-14,21-22H,5-8,11-12,15-16H2. The molecule has 0 aliphatic rings. The van der Waals surface area contributed by atoms with Crippen LogP contribution in [0.3, 0.4) is 0 Å². The van der Waals surface area contributed by atoms with Gasteiger partial charge in [-0.05, 0) is 71.6 Å². The van der Waals surface area contributed by atoms with Crippen LogP contribution in [-0.2, 0) is 12.8 Å². The maximum atomic E-state index is 9.72. The lowest BCUT2D eigenvalue weighted by molar-refractivity contribution is 0.466. The molecule has 0 saturated carbocycles. The zero-order chi connectivity index (χ0) is 17.7. The first-order chi connectivity index (χ1) is 12.3. The van der Waals surface area contributed by atoms with E-state index in [9.17, 15) is 10.2 Å². The van der Waals surface area contributed by atoms with E-state index >= 15 is 0 Å². The van der Waals surface area contributed by atoms with E-state index in [1.54, 1.807) is 12.1 Å². The minimum Gasteiger partial charge on any atom is -0.508 e. The molecule has 0 saturated heterocycles. The normalized spacial score (nSPS) is 10.9. The third-order valence-electron chi connectivity index (χ3n) is 3.93. The summed E-state index contributed by atoms with van der Waals surface area (Å²) in [4.78, 5) is 0. The molecule has 0 aliphatic heterocycles. The van der Waals surface area contributed by atoms with Gasteiger partial charge >= 0.3 is 0 Å². The van der Waals surface area contributed by atoms with Crippen LogP contribution in [-0.4, -0.2) is 21.7 Å². The van der Waals surface area contributed by atoms with Crippen LogP contribution in [0.2, 0.25) is 0 Å². The second-order valence-electron chi connectivity index (χ2n) is 5.88. The number of hydrogen-bond donors (Lipinski definition) is 2. The van der Waals surface area contributed by atoms with Crippen molar-refractivity contribution in [1.82, 2.24) is 0 Å². The first kappa shape index (κ1) is 20.4. The number of benzene rings is 2. The Bertz CT molecular complexity index is 566. The Morgan fingerprint density at radius 2 is 1.04 bits per heavy atom. The zero-order valence-electron chi connectivity index (χ0n) is 14.4. The van der Waals surface area contributed by atoms with Gasteiger partial charge in [-0.25, -0.2) is 0 Å². The molecular weight excluding hydrogens is 368 g/mol. The topological polar surface area (TPSA) is 40.5 Å². The van der Waals surface area contributed by atoms with Crippen molar-refractivity contribution in [3.8, 4) is 11.5 Å². The maximum Gasteiger partial charge on any atom is 0.118 e. The summed E-state index contributed by atoms with van der Waals surface area (Å²) in [6, 6.07) is 15.2. The zero-order valence-corrected chi connectivity index (χ0v) is 16.8. The van der Waals surface area contributed by atoms with E-state index in [4.69, 9.17) is 0 Å². The first-order valence-corrected chi connectivity index (χ1v) is 12.5.